The van der Waals surface area contributed by atoms with Gasteiger partial charge < -0.3 is 4.74 Å². The average Bonchev–Trinajstić information content (AvgIpc) is 2.37. The van der Waals surface area contributed by atoms with Gasteiger partial charge in [0.25, 0.3) is 0 Å². The van der Waals surface area contributed by atoms with Crippen molar-refractivity contribution in [2.45, 2.75) is 33.0 Å². The lowest BCUT2D eigenvalue weighted by molar-refractivity contribution is -0.0439. The number of carbonyl (C=O) groups excluding carboxylic acids is 1. The van der Waals surface area contributed by atoms with Crippen LogP contribution in [0.5, 0.6) is 0 Å². The molecule has 1 aromatic carbocycles. The maximum Gasteiger partial charge on any atom is 0.301 e. The molecular formula is C14H20N2O4S. The van der Waals surface area contributed by atoms with Crippen LogP contribution in [-0.2, 0) is 14.9 Å². The molecule has 0 amide bonds. The number of anilines is 1. The summed E-state index contributed by atoms with van der Waals surface area (Å²) in [4.78, 5) is 11.2. The number of nitrogens with one attached hydrogen (secondary N) is 1. The predicted octanol–water partition coefficient (Wildman–Crippen LogP) is 1.66. The second-order valence-corrected chi connectivity index (χ2v) is 6.99. The Morgan fingerprint density at radius 3 is 2.19 bits per heavy atom. The van der Waals surface area contributed by atoms with E-state index in [9.17, 15) is 13.2 Å². The summed E-state index contributed by atoms with van der Waals surface area (Å²) < 4.78 is 34.2. The second-order valence-electron chi connectivity index (χ2n) is 5.31. The van der Waals surface area contributed by atoms with Crippen LogP contribution in [0, 0.1) is 0 Å². The third-order valence-electron chi connectivity index (χ3n) is 3.26. The molecule has 7 heteroatoms. The van der Waals surface area contributed by atoms with E-state index >= 15 is 0 Å². The van der Waals surface area contributed by atoms with Gasteiger partial charge in [-0.05, 0) is 45.0 Å². The monoisotopic (exact) mass is 312 g/mol. The zero-order chi connectivity index (χ0) is 15.6. The van der Waals surface area contributed by atoms with Gasteiger partial charge in [0.05, 0.1) is 12.2 Å². The molecule has 1 heterocycles. The highest BCUT2D eigenvalue weighted by molar-refractivity contribution is 7.90. The highest BCUT2D eigenvalue weighted by Crippen LogP contribution is 2.18. The Balaban J connectivity index is 2.11. The summed E-state index contributed by atoms with van der Waals surface area (Å²) in [6.07, 6.45) is -0.268. The number of hydrogen-bond acceptors (Lipinski definition) is 4. The molecule has 0 radical (unpaired) electrons. The van der Waals surface area contributed by atoms with E-state index in [4.69, 9.17) is 4.74 Å². The Hall–Kier alpha value is -1.44. The quantitative estimate of drug-likeness (QED) is 0.858. The van der Waals surface area contributed by atoms with Gasteiger partial charge in [-0.25, -0.2) is 0 Å². The number of morpholine rings is 1. The van der Waals surface area contributed by atoms with Gasteiger partial charge in [-0.2, -0.15) is 12.7 Å². The summed E-state index contributed by atoms with van der Waals surface area (Å²) in [5.74, 6) is -0.0553. The molecule has 0 spiro atoms. The lowest BCUT2D eigenvalue weighted by Crippen LogP contribution is -2.49. The van der Waals surface area contributed by atoms with Crippen molar-refractivity contribution in [1.29, 1.82) is 0 Å². The van der Waals surface area contributed by atoms with Crippen LogP contribution >= 0.6 is 0 Å². The summed E-state index contributed by atoms with van der Waals surface area (Å²) >= 11 is 0. The Morgan fingerprint density at radius 1 is 1.19 bits per heavy atom. The van der Waals surface area contributed by atoms with E-state index in [0.29, 0.717) is 24.3 Å². The summed E-state index contributed by atoms with van der Waals surface area (Å²) in [5.41, 5.74) is 0.985. The Kier molecular flexibility index (Phi) is 4.65. The van der Waals surface area contributed by atoms with Crippen LogP contribution in [0.25, 0.3) is 0 Å². The van der Waals surface area contributed by atoms with E-state index in [1.54, 1.807) is 24.3 Å². The topological polar surface area (TPSA) is 75.7 Å². The largest absolute Gasteiger partial charge is 0.373 e. The summed E-state index contributed by atoms with van der Waals surface area (Å²) in [6, 6.07) is 6.37. The molecule has 2 rings (SSSR count). The third-order valence-corrected chi connectivity index (χ3v) is 4.74. The van der Waals surface area contributed by atoms with Crippen molar-refractivity contribution in [3.63, 3.8) is 0 Å². The number of nitrogens with zero attached hydrogens (tertiary/aromatic N) is 1. The number of ketones is 1. The van der Waals surface area contributed by atoms with E-state index in [0.717, 1.165) is 0 Å². The first-order chi connectivity index (χ1) is 9.78. The fraction of sp³-hybridized carbons (Fsp3) is 0.500. The van der Waals surface area contributed by atoms with Gasteiger partial charge in [-0.15, -0.1) is 0 Å². The summed E-state index contributed by atoms with van der Waals surface area (Å²) in [6.45, 7) is 5.81. The lowest BCUT2D eigenvalue weighted by Gasteiger charge is -2.34. The van der Waals surface area contributed by atoms with Crippen molar-refractivity contribution >= 4 is 21.7 Å². The molecule has 1 saturated heterocycles. The molecule has 1 aromatic rings. The van der Waals surface area contributed by atoms with Gasteiger partial charge in [-0.1, -0.05) is 0 Å². The zero-order valence-corrected chi connectivity index (χ0v) is 13.2. The standard InChI is InChI=1S/C14H20N2O4S/c1-10-8-16(9-11(2)20-10)21(18,19)15-14-6-4-13(5-7-14)12(3)17/h4-7,10-11,15H,8-9H2,1-3H3. The van der Waals surface area contributed by atoms with Crippen molar-refractivity contribution in [3.8, 4) is 0 Å². The van der Waals surface area contributed by atoms with Gasteiger partial charge >= 0.3 is 10.2 Å². The van der Waals surface area contributed by atoms with Gasteiger partial charge in [0.15, 0.2) is 5.78 Å². The first-order valence-electron chi connectivity index (χ1n) is 6.82. The molecule has 0 aromatic heterocycles. The molecule has 2 unspecified atom stereocenters. The van der Waals surface area contributed by atoms with Crippen molar-refractivity contribution < 1.29 is 17.9 Å². The van der Waals surface area contributed by atoms with Crippen molar-refractivity contribution in [2.75, 3.05) is 17.8 Å². The van der Waals surface area contributed by atoms with Crippen molar-refractivity contribution in [3.05, 3.63) is 29.8 Å². The zero-order valence-electron chi connectivity index (χ0n) is 12.4. The van der Waals surface area contributed by atoms with Crippen LogP contribution in [0.2, 0.25) is 0 Å². The molecule has 1 N–H and O–H groups in total. The molecule has 1 aliphatic rings. The SMILES string of the molecule is CC(=O)c1ccc(NS(=O)(=O)N2CC(C)OC(C)C2)cc1. The normalized spacial score (nSPS) is 23.8. The highest BCUT2D eigenvalue weighted by Gasteiger charge is 2.30. The maximum absolute atomic E-state index is 12.4. The van der Waals surface area contributed by atoms with Crippen LogP contribution in [0.15, 0.2) is 24.3 Å². The molecular weight excluding hydrogens is 292 g/mol. The number of hydrogen-bond donors (Lipinski definition) is 1. The lowest BCUT2D eigenvalue weighted by atomic mass is 10.1. The Labute approximate surface area is 125 Å². The molecule has 2 atom stereocenters. The molecule has 0 aliphatic carbocycles. The van der Waals surface area contributed by atoms with E-state index < -0.39 is 10.2 Å². The first-order valence-corrected chi connectivity index (χ1v) is 8.26. The molecule has 0 bridgehead atoms. The summed E-state index contributed by atoms with van der Waals surface area (Å²) in [7, 11) is -3.62. The van der Waals surface area contributed by atoms with Crippen LogP contribution < -0.4 is 4.72 Å². The van der Waals surface area contributed by atoms with E-state index in [-0.39, 0.29) is 18.0 Å². The predicted molar refractivity (Wildman–Crippen MR) is 80.6 cm³/mol. The smallest absolute Gasteiger partial charge is 0.301 e. The van der Waals surface area contributed by atoms with E-state index in [2.05, 4.69) is 4.72 Å². The molecule has 0 saturated carbocycles. The third kappa shape index (κ3) is 4.03. The molecule has 1 aliphatic heterocycles. The highest BCUT2D eigenvalue weighted by atomic mass is 32.2. The minimum Gasteiger partial charge on any atom is -0.373 e. The minimum absolute atomic E-state index is 0.0553. The molecule has 116 valence electrons. The van der Waals surface area contributed by atoms with E-state index in [1.807, 2.05) is 13.8 Å². The number of rotatable bonds is 4. The van der Waals surface area contributed by atoms with Crippen molar-refractivity contribution in [1.82, 2.24) is 4.31 Å². The summed E-state index contributed by atoms with van der Waals surface area (Å²) in [5, 5.41) is 0. The first kappa shape index (κ1) is 15.9. The average molecular weight is 312 g/mol. The number of Topliss-reactive ketones (excluding diaryl/α,β-unsaturated/α-hetero) is 1. The van der Waals surface area contributed by atoms with Gasteiger partial charge in [0.2, 0.25) is 0 Å². The molecule has 1 fully saturated rings. The number of ether oxygens (including phenoxy) is 1. The number of benzene rings is 1. The maximum atomic E-state index is 12.4. The number of carbonyl (C=O) groups is 1. The van der Waals surface area contributed by atoms with Gasteiger partial charge in [0, 0.05) is 24.3 Å². The van der Waals surface area contributed by atoms with Crippen molar-refractivity contribution in [2.24, 2.45) is 0 Å². The van der Waals surface area contributed by atoms with Crippen LogP contribution in [-0.4, -0.2) is 43.8 Å². The van der Waals surface area contributed by atoms with Crippen LogP contribution in [0.4, 0.5) is 5.69 Å². The van der Waals surface area contributed by atoms with E-state index in [1.165, 1.54) is 11.2 Å². The minimum atomic E-state index is -3.62. The van der Waals surface area contributed by atoms with Crippen LogP contribution in [0.1, 0.15) is 31.1 Å². The van der Waals surface area contributed by atoms with Crippen LogP contribution in [0.3, 0.4) is 0 Å². The fourth-order valence-corrected chi connectivity index (χ4v) is 3.69. The Morgan fingerprint density at radius 2 is 1.71 bits per heavy atom. The second kappa shape index (κ2) is 6.13. The fourth-order valence-electron chi connectivity index (χ4n) is 2.31. The Bertz CT molecular complexity index is 602. The van der Waals surface area contributed by atoms with Gasteiger partial charge in [-0.3, -0.25) is 9.52 Å². The molecule has 6 nitrogen and oxygen atoms in total. The molecule has 21 heavy (non-hydrogen) atoms. The van der Waals surface area contributed by atoms with Gasteiger partial charge in [0.1, 0.15) is 0 Å².